The van der Waals surface area contributed by atoms with E-state index in [1.54, 1.807) is 0 Å². The van der Waals surface area contributed by atoms with E-state index in [0.29, 0.717) is 6.54 Å². The molecule has 0 atom stereocenters. The van der Waals surface area contributed by atoms with E-state index in [-0.39, 0.29) is 5.91 Å². The van der Waals surface area contributed by atoms with Crippen molar-refractivity contribution >= 4 is 5.91 Å². The fourth-order valence-corrected chi connectivity index (χ4v) is 2.63. The number of hydrogen-bond acceptors (Lipinski definition) is 4. The Hall–Kier alpha value is -1.40. The summed E-state index contributed by atoms with van der Waals surface area (Å²) in [6.45, 7) is 8.53. The highest BCUT2D eigenvalue weighted by Gasteiger charge is 2.16. The number of amides is 1. The molecule has 0 saturated carbocycles. The number of ether oxygens (including phenoxy) is 1. The molecule has 0 radical (unpaired) electrons. The largest absolute Gasteiger partial charge is 0.379 e. The highest BCUT2D eigenvalue weighted by atomic mass is 16.5. The maximum absolute atomic E-state index is 12.2. The predicted octanol–water partition coefficient (Wildman–Crippen LogP) is 0.750. The van der Waals surface area contributed by atoms with Gasteiger partial charge in [0.05, 0.1) is 25.5 Å². The number of rotatable bonds is 6. The number of aromatic amines is 1. The molecular weight excluding hydrogens is 268 g/mol. The van der Waals surface area contributed by atoms with Crippen LogP contribution in [0.15, 0.2) is 0 Å². The summed E-state index contributed by atoms with van der Waals surface area (Å²) in [6, 6.07) is 0. The van der Waals surface area contributed by atoms with Crippen LogP contribution in [0.25, 0.3) is 0 Å². The van der Waals surface area contributed by atoms with Gasteiger partial charge in [-0.3, -0.25) is 14.8 Å². The molecule has 2 heterocycles. The van der Waals surface area contributed by atoms with Crippen molar-refractivity contribution in [3.63, 3.8) is 0 Å². The standard InChI is InChI=1S/C15H26N4O2/c1-12-14(13(2)17-16-12)5-4-6-18(3)15(20)11-19-7-9-21-10-8-19/h4-11H2,1-3H3,(H,16,17). The molecule has 1 N–H and O–H groups in total. The maximum atomic E-state index is 12.2. The molecule has 1 aromatic rings. The number of likely N-dealkylation sites (N-methyl/N-ethyl adjacent to an activating group) is 1. The molecule has 1 saturated heterocycles. The molecule has 118 valence electrons. The van der Waals surface area contributed by atoms with Crippen LogP contribution in [0.4, 0.5) is 0 Å². The van der Waals surface area contributed by atoms with Crippen LogP contribution in [0.2, 0.25) is 0 Å². The van der Waals surface area contributed by atoms with Crippen molar-refractivity contribution in [1.82, 2.24) is 20.0 Å². The Morgan fingerprint density at radius 2 is 2.10 bits per heavy atom. The molecular formula is C15H26N4O2. The molecule has 0 bridgehead atoms. The molecule has 0 aromatic carbocycles. The normalized spacial score (nSPS) is 16.1. The summed E-state index contributed by atoms with van der Waals surface area (Å²) in [7, 11) is 1.89. The van der Waals surface area contributed by atoms with Gasteiger partial charge in [0.25, 0.3) is 0 Å². The van der Waals surface area contributed by atoms with Crippen molar-refractivity contribution in [1.29, 1.82) is 0 Å². The summed E-state index contributed by atoms with van der Waals surface area (Å²) in [5.74, 6) is 0.192. The lowest BCUT2D eigenvalue weighted by molar-refractivity contribution is -0.132. The van der Waals surface area contributed by atoms with E-state index in [1.165, 1.54) is 5.56 Å². The Morgan fingerprint density at radius 1 is 1.38 bits per heavy atom. The van der Waals surface area contributed by atoms with Crippen LogP contribution in [0, 0.1) is 13.8 Å². The van der Waals surface area contributed by atoms with Gasteiger partial charge in [-0.25, -0.2) is 0 Å². The van der Waals surface area contributed by atoms with Gasteiger partial charge in [0, 0.05) is 32.4 Å². The first-order valence-electron chi connectivity index (χ1n) is 7.62. The first-order valence-corrected chi connectivity index (χ1v) is 7.62. The number of aromatic nitrogens is 2. The lowest BCUT2D eigenvalue weighted by atomic mass is 10.1. The van der Waals surface area contributed by atoms with Gasteiger partial charge in [-0.05, 0) is 32.3 Å². The van der Waals surface area contributed by atoms with Crippen LogP contribution in [0.1, 0.15) is 23.4 Å². The number of morpholine rings is 1. The summed E-state index contributed by atoms with van der Waals surface area (Å²) in [5.41, 5.74) is 3.48. The third kappa shape index (κ3) is 4.54. The average molecular weight is 294 g/mol. The molecule has 2 rings (SSSR count). The Balaban J connectivity index is 1.71. The van der Waals surface area contributed by atoms with E-state index < -0.39 is 0 Å². The molecule has 0 spiro atoms. The van der Waals surface area contributed by atoms with Gasteiger partial charge in [-0.1, -0.05) is 0 Å². The zero-order valence-corrected chi connectivity index (χ0v) is 13.3. The molecule has 1 fully saturated rings. The predicted molar refractivity (Wildman–Crippen MR) is 81.3 cm³/mol. The summed E-state index contributed by atoms with van der Waals surface area (Å²) in [5, 5.41) is 7.21. The number of nitrogens with zero attached hydrogens (tertiary/aromatic N) is 3. The first-order chi connectivity index (χ1) is 10.1. The Kier molecular flexibility index (Phi) is 5.76. The first kappa shape index (κ1) is 16.0. The van der Waals surface area contributed by atoms with Gasteiger partial charge in [-0.15, -0.1) is 0 Å². The van der Waals surface area contributed by atoms with Crippen molar-refractivity contribution in [2.24, 2.45) is 0 Å². The zero-order chi connectivity index (χ0) is 15.2. The van der Waals surface area contributed by atoms with Gasteiger partial charge < -0.3 is 9.64 Å². The molecule has 1 aromatic heterocycles. The van der Waals surface area contributed by atoms with Crippen LogP contribution in [-0.4, -0.2) is 72.3 Å². The van der Waals surface area contributed by atoms with E-state index in [1.807, 2.05) is 25.8 Å². The third-order valence-electron chi connectivity index (χ3n) is 4.09. The molecule has 0 aliphatic carbocycles. The van der Waals surface area contributed by atoms with Gasteiger partial charge >= 0.3 is 0 Å². The molecule has 1 amide bonds. The summed E-state index contributed by atoms with van der Waals surface area (Å²) < 4.78 is 5.29. The number of hydrogen-bond donors (Lipinski definition) is 1. The number of carbonyl (C=O) groups excluding carboxylic acids is 1. The number of nitrogens with one attached hydrogen (secondary N) is 1. The highest BCUT2D eigenvalue weighted by Crippen LogP contribution is 2.12. The van der Waals surface area contributed by atoms with Crippen LogP contribution in [0.5, 0.6) is 0 Å². The summed E-state index contributed by atoms with van der Waals surface area (Å²) in [6.07, 6.45) is 1.93. The fraction of sp³-hybridized carbons (Fsp3) is 0.733. The lowest BCUT2D eigenvalue weighted by Gasteiger charge is -2.28. The molecule has 0 unspecified atom stereocenters. The van der Waals surface area contributed by atoms with E-state index in [9.17, 15) is 4.79 Å². The molecule has 6 nitrogen and oxygen atoms in total. The van der Waals surface area contributed by atoms with Crippen molar-refractivity contribution in [2.75, 3.05) is 46.4 Å². The maximum Gasteiger partial charge on any atom is 0.236 e. The van der Waals surface area contributed by atoms with E-state index in [0.717, 1.165) is 57.1 Å². The number of carbonyl (C=O) groups is 1. The van der Waals surface area contributed by atoms with Gasteiger partial charge in [0.1, 0.15) is 0 Å². The van der Waals surface area contributed by atoms with Crippen LogP contribution >= 0.6 is 0 Å². The Morgan fingerprint density at radius 3 is 2.71 bits per heavy atom. The molecule has 6 heteroatoms. The lowest BCUT2D eigenvalue weighted by Crippen LogP contribution is -2.43. The Bertz CT molecular complexity index is 447. The van der Waals surface area contributed by atoms with Crippen LogP contribution in [-0.2, 0) is 16.0 Å². The zero-order valence-electron chi connectivity index (χ0n) is 13.3. The molecule has 1 aliphatic rings. The Labute approximate surface area is 126 Å². The summed E-state index contributed by atoms with van der Waals surface area (Å²) >= 11 is 0. The van der Waals surface area contributed by atoms with Gasteiger partial charge in [0.15, 0.2) is 0 Å². The molecule has 1 aliphatic heterocycles. The van der Waals surface area contributed by atoms with Crippen molar-refractivity contribution in [3.8, 4) is 0 Å². The van der Waals surface area contributed by atoms with Gasteiger partial charge in [-0.2, -0.15) is 5.10 Å². The number of aryl methyl sites for hydroxylation is 2. The minimum Gasteiger partial charge on any atom is -0.379 e. The van der Waals surface area contributed by atoms with Crippen molar-refractivity contribution in [2.45, 2.75) is 26.7 Å². The second kappa shape index (κ2) is 7.56. The fourth-order valence-electron chi connectivity index (χ4n) is 2.63. The minimum atomic E-state index is 0.192. The van der Waals surface area contributed by atoms with Crippen LogP contribution < -0.4 is 0 Å². The quantitative estimate of drug-likeness (QED) is 0.841. The number of H-pyrrole nitrogens is 1. The van der Waals surface area contributed by atoms with Crippen LogP contribution in [0.3, 0.4) is 0 Å². The topological polar surface area (TPSA) is 61.5 Å². The monoisotopic (exact) mass is 294 g/mol. The summed E-state index contributed by atoms with van der Waals surface area (Å²) in [4.78, 5) is 16.2. The minimum absolute atomic E-state index is 0.192. The SMILES string of the molecule is Cc1n[nH]c(C)c1CCCN(C)C(=O)CN1CCOCC1. The van der Waals surface area contributed by atoms with E-state index >= 15 is 0 Å². The highest BCUT2D eigenvalue weighted by molar-refractivity contribution is 5.77. The third-order valence-corrected chi connectivity index (χ3v) is 4.09. The average Bonchev–Trinajstić information content (AvgIpc) is 2.80. The van der Waals surface area contributed by atoms with E-state index in [2.05, 4.69) is 15.1 Å². The second-order valence-corrected chi connectivity index (χ2v) is 5.72. The van der Waals surface area contributed by atoms with Crippen molar-refractivity contribution in [3.05, 3.63) is 17.0 Å². The second-order valence-electron chi connectivity index (χ2n) is 5.72. The molecule has 21 heavy (non-hydrogen) atoms. The van der Waals surface area contributed by atoms with Crippen molar-refractivity contribution < 1.29 is 9.53 Å². The smallest absolute Gasteiger partial charge is 0.236 e. The van der Waals surface area contributed by atoms with E-state index in [4.69, 9.17) is 4.74 Å². The van der Waals surface area contributed by atoms with Gasteiger partial charge in [0.2, 0.25) is 5.91 Å².